The molecule has 0 nitrogen and oxygen atoms in total. The summed E-state index contributed by atoms with van der Waals surface area (Å²) >= 11 is 4.27. The van der Waals surface area contributed by atoms with Gasteiger partial charge in [-0.2, -0.15) is 11.8 Å². The maximum Gasteiger partial charge on any atom is 0.0492 e. The highest BCUT2D eigenvalue weighted by Crippen LogP contribution is 2.17. The number of rotatable bonds is 3. The Bertz CT molecular complexity index is 20.8. The van der Waals surface area contributed by atoms with Crippen molar-refractivity contribution in [1.29, 1.82) is 0 Å². The highest BCUT2D eigenvalue weighted by Gasteiger charge is 1.76. The first-order chi connectivity index (χ1) is 2.91. The van der Waals surface area contributed by atoms with E-state index in [2.05, 4.69) is 28.1 Å². The second-order valence-electron chi connectivity index (χ2n) is 0.720. The minimum absolute atomic E-state index is 1.23. The lowest BCUT2D eigenvalue weighted by atomic mass is 11.0. The summed E-state index contributed by atoms with van der Waals surface area (Å²) in [6.45, 7) is 2.18. The van der Waals surface area contributed by atoms with E-state index in [0.717, 1.165) is 0 Å². The van der Waals surface area contributed by atoms with Gasteiger partial charge in [-0.1, -0.05) is 15.9 Å². The summed E-state index contributed by atoms with van der Waals surface area (Å²) < 4.78 is 0. The summed E-state index contributed by atoms with van der Waals surface area (Å²) in [5.74, 6) is 1.25. The molecule has 38 valence electrons. The third-order valence-corrected chi connectivity index (χ3v) is 4.05. The zero-order valence-electron chi connectivity index (χ0n) is 3.61. The van der Waals surface area contributed by atoms with Crippen LogP contribution in [0, 0.1) is 0 Å². The molecule has 0 spiro atoms. The molecule has 0 atom stereocenters. The summed E-state index contributed by atoms with van der Waals surface area (Å²) in [6.07, 6.45) is 0. The first-order valence-electron chi connectivity index (χ1n) is 1.73. The van der Waals surface area contributed by atoms with Gasteiger partial charge in [0.1, 0.15) is 0 Å². The monoisotopic (exact) mass is 234 g/mol. The van der Waals surface area contributed by atoms with Gasteiger partial charge in [0.25, 0.3) is 0 Å². The second kappa shape index (κ2) is 6.43. The molecule has 0 saturated carbocycles. The molecule has 0 aliphatic rings. The fourth-order valence-corrected chi connectivity index (χ4v) is 2.65. The van der Waals surface area contributed by atoms with Crippen LogP contribution in [0.4, 0.5) is 0 Å². The van der Waals surface area contributed by atoms with E-state index in [0.29, 0.717) is 0 Å². The Hall–Kier alpha value is 1.43. The van der Waals surface area contributed by atoms with Gasteiger partial charge in [-0.25, -0.2) is 0 Å². The molecule has 0 saturated heterocycles. The minimum atomic E-state index is 1.23. The van der Waals surface area contributed by atoms with Gasteiger partial charge >= 0.3 is 0 Å². The second-order valence-corrected chi connectivity index (χ2v) is 4.73. The fourth-order valence-electron chi connectivity index (χ4n) is 0.115. The average Bonchev–Trinajstić information content (AvgIpc) is 1.61. The zero-order chi connectivity index (χ0) is 4.83. The molecule has 0 amide bonds. The predicted molar refractivity (Wildman–Crippen MR) is 44.6 cm³/mol. The number of hydrogen-bond acceptors (Lipinski definition) is 2. The molecule has 6 heavy (non-hydrogen) atoms. The third-order valence-electron chi connectivity index (χ3n) is 0.332. The molecule has 0 bridgehead atoms. The van der Waals surface area contributed by atoms with Crippen LogP contribution in [0.1, 0.15) is 6.92 Å². The highest BCUT2D eigenvalue weighted by molar-refractivity contribution is 14.2. The van der Waals surface area contributed by atoms with Crippen molar-refractivity contribution in [2.24, 2.45) is 0 Å². The predicted octanol–water partition coefficient (Wildman–Crippen LogP) is 2.78. The maximum atomic E-state index is 2.31. The molecule has 0 aromatic rings. The number of hydrogen-bond donors (Lipinski definition) is 0. The molecule has 3 heteroatoms. The van der Waals surface area contributed by atoms with Crippen molar-refractivity contribution < 1.29 is 0 Å². The van der Waals surface area contributed by atoms with E-state index in [-0.39, 0.29) is 0 Å². The van der Waals surface area contributed by atoms with Gasteiger partial charge in [-0.05, 0) is 27.0 Å². The molecule has 0 radical (unpaired) electrons. The zero-order valence-corrected chi connectivity index (χ0v) is 7.40. The summed E-state index contributed by atoms with van der Waals surface area (Å²) in [7, 11) is 1.86. The van der Waals surface area contributed by atoms with Gasteiger partial charge in [-0.15, -0.1) is 0 Å². The summed E-state index contributed by atoms with van der Waals surface area (Å²) in [4.78, 5) is 0. The van der Waals surface area contributed by atoms with Crippen LogP contribution in [0.2, 0.25) is 0 Å². The molecule has 0 aromatic carbocycles. The van der Waals surface area contributed by atoms with Crippen molar-refractivity contribution in [2.75, 3.05) is 10.8 Å². The van der Waals surface area contributed by atoms with Gasteiger partial charge in [0.2, 0.25) is 0 Å². The van der Waals surface area contributed by atoms with Gasteiger partial charge < -0.3 is 0 Å². The normalized spacial score (nSPS) is 9.00. The van der Waals surface area contributed by atoms with E-state index in [9.17, 15) is 0 Å². The topological polar surface area (TPSA) is 0 Å². The van der Waals surface area contributed by atoms with Gasteiger partial charge in [0.15, 0.2) is 0 Å². The molecular weight excluding hydrogens is 227 g/mol. The third kappa shape index (κ3) is 5.43. The quantitative estimate of drug-likeness (QED) is 0.418. The van der Waals surface area contributed by atoms with Crippen molar-refractivity contribution in [2.45, 2.75) is 6.92 Å². The molecule has 0 aromatic heterocycles. The van der Waals surface area contributed by atoms with Crippen molar-refractivity contribution in [1.82, 2.24) is 0 Å². The molecular formula is C3H7IS2. The summed E-state index contributed by atoms with van der Waals surface area (Å²) in [6, 6.07) is 0. The summed E-state index contributed by atoms with van der Waals surface area (Å²) in [5.41, 5.74) is 0. The fraction of sp³-hybridized carbons (Fsp3) is 1.00. The van der Waals surface area contributed by atoms with Crippen molar-refractivity contribution in [3.8, 4) is 0 Å². The van der Waals surface area contributed by atoms with Crippen LogP contribution < -0.4 is 0 Å². The van der Waals surface area contributed by atoms with Crippen molar-refractivity contribution >= 4 is 41.9 Å². The molecule has 0 N–H and O–H groups in total. The van der Waals surface area contributed by atoms with Crippen molar-refractivity contribution in [3.05, 3.63) is 0 Å². The average molecular weight is 234 g/mol. The van der Waals surface area contributed by atoms with Crippen LogP contribution in [-0.2, 0) is 0 Å². The lowest BCUT2D eigenvalue weighted by Gasteiger charge is -1.85. The SMILES string of the molecule is CCSCSI. The highest BCUT2D eigenvalue weighted by atomic mass is 127. The Morgan fingerprint density at radius 1 is 1.67 bits per heavy atom. The van der Waals surface area contributed by atoms with E-state index in [4.69, 9.17) is 0 Å². The van der Waals surface area contributed by atoms with Crippen LogP contribution in [0.15, 0.2) is 0 Å². The molecule has 0 rings (SSSR count). The molecule has 0 fully saturated rings. The lowest BCUT2D eigenvalue weighted by Crippen LogP contribution is -1.63. The summed E-state index contributed by atoms with van der Waals surface area (Å²) in [5, 5.41) is 1.23. The molecule has 0 aliphatic carbocycles. The first-order valence-corrected chi connectivity index (χ1v) is 6.41. The standard InChI is InChI=1S/C3H7IS2/c1-2-5-3-6-4/h2-3H2,1H3. The lowest BCUT2D eigenvalue weighted by molar-refractivity contribution is 1.53. The van der Waals surface area contributed by atoms with Gasteiger partial charge in [-0.3, -0.25) is 0 Å². The van der Waals surface area contributed by atoms with Crippen LogP contribution in [-0.4, -0.2) is 10.8 Å². The Balaban J connectivity index is 2.34. The van der Waals surface area contributed by atoms with E-state index in [1.54, 1.807) is 0 Å². The van der Waals surface area contributed by atoms with Gasteiger partial charge in [0.05, 0.1) is 0 Å². The number of thioether (sulfide) groups is 1. The van der Waals surface area contributed by atoms with E-state index < -0.39 is 0 Å². The Kier molecular flexibility index (Phi) is 7.96. The van der Waals surface area contributed by atoms with Crippen molar-refractivity contribution in [3.63, 3.8) is 0 Å². The Morgan fingerprint density at radius 2 is 2.33 bits per heavy atom. The van der Waals surface area contributed by atoms with Crippen LogP contribution >= 0.6 is 41.9 Å². The van der Waals surface area contributed by atoms with Crippen LogP contribution in [0.25, 0.3) is 0 Å². The van der Waals surface area contributed by atoms with Crippen LogP contribution in [0.5, 0.6) is 0 Å². The molecule has 0 heterocycles. The smallest absolute Gasteiger partial charge is 0.0492 e. The molecule has 0 aliphatic heterocycles. The van der Waals surface area contributed by atoms with E-state index in [1.165, 1.54) is 10.8 Å². The van der Waals surface area contributed by atoms with Gasteiger partial charge in [0, 0.05) is 5.08 Å². The number of halogens is 1. The van der Waals surface area contributed by atoms with Crippen LogP contribution in [0.3, 0.4) is 0 Å². The maximum absolute atomic E-state index is 2.31. The Morgan fingerprint density at radius 3 is 2.50 bits per heavy atom. The first kappa shape index (κ1) is 7.43. The minimum Gasteiger partial charge on any atom is -0.151 e. The Labute approximate surface area is 59.4 Å². The molecule has 0 unspecified atom stereocenters. The van der Waals surface area contributed by atoms with E-state index in [1.807, 2.05) is 20.7 Å². The van der Waals surface area contributed by atoms with E-state index >= 15 is 0 Å². The largest absolute Gasteiger partial charge is 0.151 e.